The fraction of sp³-hybridized carbons (Fsp3) is 0.545. The molecule has 2 atom stereocenters. The Morgan fingerprint density at radius 1 is 1.71 bits per heavy atom. The molecule has 0 spiro atoms. The Bertz CT molecular complexity index is 305. The van der Waals surface area contributed by atoms with Gasteiger partial charge in [0.05, 0.1) is 0 Å². The molecular weight excluding hydrogens is 196 g/mol. The molecule has 14 heavy (non-hydrogen) atoms. The zero-order valence-corrected chi connectivity index (χ0v) is 9.05. The molecule has 0 aromatic carbocycles. The Morgan fingerprint density at radius 2 is 2.57 bits per heavy atom. The molecule has 2 nitrogen and oxygen atoms in total. The van der Waals surface area contributed by atoms with E-state index in [1.165, 1.54) is 0 Å². The molecule has 1 aromatic heterocycles. The third-order valence-electron chi connectivity index (χ3n) is 2.63. The van der Waals surface area contributed by atoms with E-state index >= 15 is 0 Å². The van der Waals surface area contributed by atoms with Crippen molar-refractivity contribution in [1.82, 2.24) is 0 Å². The largest absolute Gasteiger partial charge is 0.370 e. The average molecular weight is 210 g/mol. The van der Waals surface area contributed by atoms with Crippen LogP contribution in [0.25, 0.3) is 0 Å². The number of thiophene rings is 1. The summed E-state index contributed by atoms with van der Waals surface area (Å²) in [5.41, 5.74) is 0. The molecule has 2 rings (SSSR count). The molecule has 3 heteroatoms. The summed E-state index contributed by atoms with van der Waals surface area (Å²) in [5, 5.41) is 2.00. The van der Waals surface area contributed by atoms with Gasteiger partial charge >= 0.3 is 0 Å². The van der Waals surface area contributed by atoms with Crippen molar-refractivity contribution in [3.8, 4) is 0 Å². The summed E-state index contributed by atoms with van der Waals surface area (Å²) in [5.74, 6) is 0.625. The fourth-order valence-corrected chi connectivity index (χ4v) is 2.51. The lowest BCUT2D eigenvalue weighted by atomic mass is 9.99. The first-order chi connectivity index (χ1) is 6.77. The van der Waals surface area contributed by atoms with Crippen LogP contribution < -0.4 is 0 Å². The van der Waals surface area contributed by atoms with Crippen LogP contribution in [0.5, 0.6) is 0 Å². The molecule has 2 unspecified atom stereocenters. The molecule has 0 amide bonds. The first-order valence-electron chi connectivity index (χ1n) is 4.94. The van der Waals surface area contributed by atoms with Gasteiger partial charge in [0.25, 0.3) is 0 Å². The van der Waals surface area contributed by atoms with Gasteiger partial charge in [-0.25, -0.2) is 0 Å². The number of carbonyl (C=O) groups is 1. The topological polar surface area (TPSA) is 26.3 Å². The van der Waals surface area contributed by atoms with E-state index in [-0.39, 0.29) is 11.9 Å². The van der Waals surface area contributed by atoms with Crippen LogP contribution in [-0.4, -0.2) is 18.5 Å². The predicted molar refractivity (Wildman–Crippen MR) is 56.6 cm³/mol. The molecule has 1 saturated heterocycles. The Balaban J connectivity index is 1.95. The zero-order valence-electron chi connectivity index (χ0n) is 8.23. The zero-order chi connectivity index (χ0) is 9.97. The molecule has 1 aliphatic heterocycles. The smallest absolute Gasteiger partial charge is 0.166 e. The summed E-state index contributed by atoms with van der Waals surface area (Å²) in [4.78, 5) is 12.9. The van der Waals surface area contributed by atoms with Gasteiger partial charge in [0.2, 0.25) is 0 Å². The molecule has 0 radical (unpaired) electrons. The SMILES string of the molecule is CC1CCOC1C(=O)Cc1cccs1. The average Bonchev–Trinajstić information content (AvgIpc) is 2.75. The first-order valence-corrected chi connectivity index (χ1v) is 5.82. The van der Waals surface area contributed by atoms with Crippen LogP contribution in [0.4, 0.5) is 0 Å². The third kappa shape index (κ3) is 2.04. The number of hydrogen-bond acceptors (Lipinski definition) is 3. The number of carbonyl (C=O) groups excluding carboxylic acids is 1. The molecule has 0 bridgehead atoms. The molecule has 2 heterocycles. The van der Waals surface area contributed by atoms with E-state index in [1.807, 2.05) is 17.5 Å². The number of hydrogen-bond donors (Lipinski definition) is 0. The normalized spacial score (nSPS) is 26.6. The van der Waals surface area contributed by atoms with Crippen LogP contribution in [-0.2, 0) is 16.0 Å². The molecule has 0 saturated carbocycles. The van der Waals surface area contributed by atoms with Gasteiger partial charge in [-0.3, -0.25) is 4.79 Å². The van der Waals surface area contributed by atoms with Crippen molar-refractivity contribution in [2.45, 2.75) is 25.9 Å². The molecule has 0 N–H and O–H groups in total. The number of Topliss-reactive ketones (excluding diaryl/α,β-unsaturated/α-hetero) is 1. The summed E-state index contributed by atoms with van der Waals surface area (Å²) in [6.45, 7) is 2.83. The van der Waals surface area contributed by atoms with Crippen molar-refractivity contribution >= 4 is 17.1 Å². The lowest BCUT2D eigenvalue weighted by Crippen LogP contribution is -2.26. The van der Waals surface area contributed by atoms with Crippen molar-refractivity contribution in [3.05, 3.63) is 22.4 Å². The van der Waals surface area contributed by atoms with E-state index in [9.17, 15) is 4.79 Å². The molecular formula is C11H14O2S. The highest BCUT2D eigenvalue weighted by molar-refractivity contribution is 7.10. The minimum atomic E-state index is -0.155. The fourth-order valence-electron chi connectivity index (χ4n) is 1.79. The number of rotatable bonds is 3. The third-order valence-corrected chi connectivity index (χ3v) is 3.51. The van der Waals surface area contributed by atoms with Gasteiger partial charge in [0.1, 0.15) is 6.10 Å². The highest BCUT2D eigenvalue weighted by Gasteiger charge is 2.30. The van der Waals surface area contributed by atoms with E-state index in [0.29, 0.717) is 12.3 Å². The quantitative estimate of drug-likeness (QED) is 0.765. The van der Waals surface area contributed by atoms with Gasteiger partial charge in [-0.05, 0) is 23.8 Å². The maximum absolute atomic E-state index is 11.8. The molecule has 1 aliphatic rings. The molecule has 76 valence electrons. The number of ether oxygens (including phenoxy) is 1. The van der Waals surface area contributed by atoms with E-state index in [1.54, 1.807) is 11.3 Å². The Labute approximate surface area is 87.9 Å². The highest BCUT2D eigenvalue weighted by atomic mass is 32.1. The van der Waals surface area contributed by atoms with Crippen molar-refractivity contribution in [3.63, 3.8) is 0 Å². The van der Waals surface area contributed by atoms with Crippen LogP contribution >= 0.6 is 11.3 Å². The van der Waals surface area contributed by atoms with Crippen LogP contribution in [0.15, 0.2) is 17.5 Å². The lowest BCUT2D eigenvalue weighted by Gasteiger charge is -2.12. The van der Waals surface area contributed by atoms with Crippen molar-refractivity contribution in [2.24, 2.45) is 5.92 Å². The summed E-state index contributed by atoms with van der Waals surface area (Å²) < 4.78 is 5.43. The van der Waals surface area contributed by atoms with Gasteiger partial charge < -0.3 is 4.74 Å². The Morgan fingerprint density at radius 3 is 3.14 bits per heavy atom. The summed E-state index contributed by atoms with van der Waals surface area (Å²) >= 11 is 1.63. The maximum atomic E-state index is 11.8. The lowest BCUT2D eigenvalue weighted by molar-refractivity contribution is -0.128. The van der Waals surface area contributed by atoms with Gasteiger partial charge in [-0.15, -0.1) is 11.3 Å². The van der Waals surface area contributed by atoms with E-state index in [0.717, 1.165) is 17.9 Å². The van der Waals surface area contributed by atoms with Gasteiger partial charge in [-0.1, -0.05) is 13.0 Å². The summed E-state index contributed by atoms with van der Waals surface area (Å²) in [6, 6.07) is 3.98. The van der Waals surface area contributed by atoms with Crippen molar-refractivity contribution in [1.29, 1.82) is 0 Å². The van der Waals surface area contributed by atoms with Crippen LogP contribution in [0.1, 0.15) is 18.2 Å². The van der Waals surface area contributed by atoms with Crippen LogP contribution in [0.2, 0.25) is 0 Å². The second-order valence-electron chi connectivity index (χ2n) is 3.78. The Hall–Kier alpha value is -0.670. The minimum Gasteiger partial charge on any atom is -0.370 e. The van der Waals surface area contributed by atoms with Crippen molar-refractivity contribution < 1.29 is 9.53 Å². The highest BCUT2D eigenvalue weighted by Crippen LogP contribution is 2.22. The number of ketones is 1. The Kier molecular flexibility index (Phi) is 2.99. The minimum absolute atomic E-state index is 0.155. The molecule has 0 aliphatic carbocycles. The van der Waals surface area contributed by atoms with E-state index < -0.39 is 0 Å². The van der Waals surface area contributed by atoms with Crippen LogP contribution in [0.3, 0.4) is 0 Å². The molecule has 1 aromatic rings. The van der Waals surface area contributed by atoms with Crippen molar-refractivity contribution in [2.75, 3.05) is 6.61 Å². The van der Waals surface area contributed by atoms with Gasteiger partial charge in [0.15, 0.2) is 5.78 Å². The first kappa shape index (κ1) is 9.87. The monoisotopic (exact) mass is 210 g/mol. The summed E-state index contributed by atoms with van der Waals surface area (Å²) in [6.07, 6.45) is 1.39. The van der Waals surface area contributed by atoms with Gasteiger partial charge in [-0.2, -0.15) is 0 Å². The van der Waals surface area contributed by atoms with E-state index in [2.05, 4.69) is 6.92 Å². The van der Waals surface area contributed by atoms with Gasteiger partial charge in [0, 0.05) is 17.9 Å². The molecule has 1 fully saturated rings. The second kappa shape index (κ2) is 4.24. The second-order valence-corrected chi connectivity index (χ2v) is 4.81. The predicted octanol–water partition coefficient (Wildman–Crippen LogP) is 2.28. The maximum Gasteiger partial charge on any atom is 0.166 e. The van der Waals surface area contributed by atoms with Crippen LogP contribution in [0, 0.1) is 5.92 Å². The standard InChI is InChI=1S/C11H14O2S/c1-8-4-5-13-11(8)10(12)7-9-3-2-6-14-9/h2-3,6,8,11H,4-5,7H2,1H3. The summed E-state index contributed by atoms with van der Waals surface area (Å²) in [7, 11) is 0. The van der Waals surface area contributed by atoms with E-state index in [4.69, 9.17) is 4.74 Å².